The number of halogens is 2. The van der Waals surface area contributed by atoms with Gasteiger partial charge in [-0.25, -0.2) is 0 Å². The number of allylic oxidation sites excluding steroid dienone is 3. The molecule has 0 N–H and O–H groups in total. The molecule has 4 heteroatoms. The number of ether oxygens (including phenoxy) is 1. The van der Waals surface area contributed by atoms with E-state index < -0.39 is 26.6 Å². The Morgan fingerprint density at radius 2 is 1.89 bits per heavy atom. The number of hydrogen-bond donors (Lipinski definition) is 0. The first kappa shape index (κ1) is 13.3. The molecule has 0 unspecified atom stereocenters. The number of benzene rings is 1. The maximum absolute atomic E-state index is 14.0. The molecule has 1 heterocycles. The van der Waals surface area contributed by atoms with E-state index in [1.165, 1.54) is 10.5 Å². The van der Waals surface area contributed by atoms with Gasteiger partial charge in [-0.1, -0.05) is 0 Å². The second-order valence-corrected chi connectivity index (χ2v) is 6.93. The van der Waals surface area contributed by atoms with Crippen LogP contribution in [0.25, 0.3) is 4.47 Å². The van der Waals surface area contributed by atoms with Crippen LogP contribution in [0.2, 0.25) is 0 Å². The molecule has 0 aromatic heterocycles. The number of rotatable bonds is 4. The molecular weight excluding hydrogens is 301 g/mol. The summed E-state index contributed by atoms with van der Waals surface area (Å²) in [5.41, 5.74) is 0.385. The molecule has 1 aromatic rings. The summed E-state index contributed by atoms with van der Waals surface area (Å²) in [6.07, 6.45) is 4.93. The SMILES string of the molecule is CCOc1ccc(C2=CC=C(CC)[SeH2]2)c(F)c1F. The van der Waals surface area contributed by atoms with E-state index >= 15 is 0 Å². The monoisotopic (exact) mass is 318 g/mol. The van der Waals surface area contributed by atoms with E-state index in [4.69, 9.17) is 4.74 Å². The van der Waals surface area contributed by atoms with E-state index in [-0.39, 0.29) is 5.75 Å². The Morgan fingerprint density at radius 3 is 2.50 bits per heavy atom. The zero-order valence-electron chi connectivity index (χ0n) is 10.4. The molecule has 0 saturated carbocycles. The summed E-state index contributed by atoms with van der Waals surface area (Å²) in [6, 6.07) is 3.12. The van der Waals surface area contributed by atoms with E-state index in [9.17, 15) is 8.78 Å². The molecule has 1 aliphatic heterocycles. The van der Waals surface area contributed by atoms with Gasteiger partial charge in [-0.15, -0.1) is 0 Å². The average Bonchev–Trinajstić information content (AvgIpc) is 2.84. The standard InChI is InChI=1S/C14H16F2OSe/c1-3-9-5-8-12(18-9)10-6-7-11(17-4-2)14(16)13(10)15/h5-8H,3-4,18H2,1-2H3. The van der Waals surface area contributed by atoms with E-state index in [0.717, 1.165) is 10.9 Å². The van der Waals surface area contributed by atoms with Gasteiger partial charge in [-0.2, -0.15) is 0 Å². The number of hydrogen-bond acceptors (Lipinski definition) is 1. The van der Waals surface area contributed by atoms with Gasteiger partial charge in [0.1, 0.15) is 0 Å². The Hall–Kier alpha value is -1.12. The third kappa shape index (κ3) is 2.50. The molecule has 98 valence electrons. The fraction of sp³-hybridized carbons (Fsp3) is 0.286. The Morgan fingerprint density at radius 1 is 1.11 bits per heavy atom. The Labute approximate surface area is 112 Å². The average molecular weight is 317 g/mol. The molecule has 0 atom stereocenters. The van der Waals surface area contributed by atoms with Crippen LogP contribution in [0.4, 0.5) is 8.78 Å². The molecule has 0 spiro atoms. The minimum absolute atomic E-state index is 0.0129. The van der Waals surface area contributed by atoms with E-state index in [0.29, 0.717) is 12.2 Å². The molecule has 1 aliphatic rings. The van der Waals surface area contributed by atoms with Crippen molar-refractivity contribution in [2.75, 3.05) is 6.61 Å². The molecule has 1 aromatic carbocycles. The van der Waals surface area contributed by atoms with Crippen molar-refractivity contribution >= 4 is 19.4 Å². The predicted octanol–water partition coefficient (Wildman–Crippen LogP) is 3.18. The van der Waals surface area contributed by atoms with Crippen molar-refractivity contribution in [2.45, 2.75) is 20.3 Å². The van der Waals surface area contributed by atoms with Crippen molar-refractivity contribution in [2.24, 2.45) is 0 Å². The van der Waals surface area contributed by atoms with Crippen molar-refractivity contribution in [3.05, 3.63) is 46.0 Å². The van der Waals surface area contributed by atoms with Crippen LogP contribution in [-0.2, 0) is 0 Å². The Balaban J connectivity index is 2.29. The van der Waals surface area contributed by atoms with Gasteiger partial charge in [0.05, 0.1) is 0 Å². The van der Waals surface area contributed by atoms with Crippen LogP contribution in [0.15, 0.2) is 28.8 Å². The van der Waals surface area contributed by atoms with Crippen LogP contribution < -0.4 is 4.74 Å². The molecule has 18 heavy (non-hydrogen) atoms. The van der Waals surface area contributed by atoms with E-state index in [1.54, 1.807) is 13.0 Å². The molecule has 0 saturated heterocycles. The predicted molar refractivity (Wildman–Crippen MR) is 72.4 cm³/mol. The molecule has 0 radical (unpaired) electrons. The molecular formula is C14H16F2OSe. The normalized spacial score (nSPS) is 16.7. The van der Waals surface area contributed by atoms with Crippen LogP contribution in [0.5, 0.6) is 5.75 Å². The van der Waals surface area contributed by atoms with Gasteiger partial charge in [0.15, 0.2) is 0 Å². The molecule has 0 bridgehead atoms. The van der Waals surface area contributed by atoms with Crippen LogP contribution in [0.3, 0.4) is 0 Å². The van der Waals surface area contributed by atoms with Crippen molar-refractivity contribution < 1.29 is 13.5 Å². The fourth-order valence-corrected chi connectivity index (χ4v) is 4.29. The molecule has 0 amide bonds. The quantitative estimate of drug-likeness (QED) is 0.775. The molecule has 0 fully saturated rings. The summed E-state index contributed by atoms with van der Waals surface area (Å²) >= 11 is -0.483. The zero-order chi connectivity index (χ0) is 13.1. The van der Waals surface area contributed by atoms with Crippen molar-refractivity contribution in [3.63, 3.8) is 0 Å². The van der Waals surface area contributed by atoms with Crippen molar-refractivity contribution in [1.82, 2.24) is 0 Å². The fourth-order valence-electron chi connectivity index (χ4n) is 1.81. The van der Waals surface area contributed by atoms with Crippen LogP contribution in [-0.4, -0.2) is 21.6 Å². The Bertz CT molecular complexity index is 521. The van der Waals surface area contributed by atoms with Crippen molar-refractivity contribution in [1.29, 1.82) is 0 Å². The second-order valence-electron chi connectivity index (χ2n) is 3.92. The van der Waals surface area contributed by atoms with Gasteiger partial charge in [0.25, 0.3) is 0 Å². The summed E-state index contributed by atoms with van der Waals surface area (Å²) in [5.74, 6) is -1.69. The summed E-state index contributed by atoms with van der Waals surface area (Å²) in [5, 5.41) is 0. The third-order valence-corrected chi connectivity index (χ3v) is 6.01. The first-order valence-electron chi connectivity index (χ1n) is 5.96. The van der Waals surface area contributed by atoms with Gasteiger partial charge in [-0.05, 0) is 0 Å². The van der Waals surface area contributed by atoms with Gasteiger partial charge >= 0.3 is 112 Å². The van der Waals surface area contributed by atoms with Gasteiger partial charge in [0, 0.05) is 0 Å². The molecule has 2 rings (SSSR count). The van der Waals surface area contributed by atoms with Crippen molar-refractivity contribution in [3.8, 4) is 5.75 Å². The van der Waals surface area contributed by atoms with Crippen LogP contribution >= 0.6 is 0 Å². The first-order valence-corrected chi connectivity index (χ1v) is 8.06. The molecule has 1 nitrogen and oxygen atoms in total. The Kier molecular flexibility index (Phi) is 4.20. The van der Waals surface area contributed by atoms with Crippen LogP contribution in [0.1, 0.15) is 25.8 Å². The first-order chi connectivity index (χ1) is 8.67. The minimum atomic E-state index is -0.883. The summed E-state index contributed by atoms with van der Waals surface area (Å²) < 4.78 is 35.1. The van der Waals surface area contributed by atoms with Crippen LogP contribution in [0, 0.1) is 11.6 Å². The third-order valence-electron chi connectivity index (χ3n) is 2.76. The summed E-state index contributed by atoms with van der Waals surface area (Å²) in [7, 11) is 0. The summed E-state index contributed by atoms with van der Waals surface area (Å²) in [6.45, 7) is 4.16. The summed E-state index contributed by atoms with van der Waals surface area (Å²) in [4.78, 5) is 0. The van der Waals surface area contributed by atoms with Gasteiger partial charge in [0.2, 0.25) is 0 Å². The topological polar surface area (TPSA) is 9.23 Å². The zero-order valence-corrected chi connectivity index (χ0v) is 12.5. The van der Waals surface area contributed by atoms with Gasteiger partial charge in [-0.3, -0.25) is 0 Å². The van der Waals surface area contributed by atoms with E-state index in [1.807, 2.05) is 12.2 Å². The molecule has 0 aliphatic carbocycles. The van der Waals surface area contributed by atoms with E-state index in [2.05, 4.69) is 6.92 Å². The second kappa shape index (κ2) is 5.68. The van der Waals surface area contributed by atoms with Gasteiger partial charge < -0.3 is 0 Å². The maximum atomic E-state index is 14.0.